The monoisotopic (exact) mass is 329 g/mol. The van der Waals surface area contributed by atoms with Crippen LogP contribution in [0, 0.1) is 0 Å². The van der Waals surface area contributed by atoms with E-state index in [1.165, 1.54) is 0 Å². The summed E-state index contributed by atoms with van der Waals surface area (Å²) in [7, 11) is 1.93. The van der Waals surface area contributed by atoms with Gasteiger partial charge >= 0.3 is 5.97 Å². The summed E-state index contributed by atoms with van der Waals surface area (Å²) in [5.74, 6) is -0.391. The van der Waals surface area contributed by atoms with E-state index >= 15 is 0 Å². The average Bonchev–Trinajstić information content (AvgIpc) is 2.97. The van der Waals surface area contributed by atoms with Gasteiger partial charge in [-0.05, 0) is 26.0 Å². The molecule has 0 aliphatic heterocycles. The Hall–Kier alpha value is -2.61. The van der Waals surface area contributed by atoms with Crippen LogP contribution in [0.4, 0.5) is 5.82 Å². The first-order chi connectivity index (χ1) is 11.0. The molecule has 3 heterocycles. The molecule has 23 heavy (non-hydrogen) atoms. The number of hydrogen-bond donors (Lipinski definition) is 1. The fourth-order valence-electron chi connectivity index (χ4n) is 2.03. The van der Waals surface area contributed by atoms with Gasteiger partial charge in [-0.15, -0.1) is 0 Å². The highest BCUT2D eigenvalue weighted by Crippen LogP contribution is 2.31. The summed E-state index contributed by atoms with van der Waals surface area (Å²) in [4.78, 5) is 31.0. The molecule has 3 aromatic rings. The van der Waals surface area contributed by atoms with Gasteiger partial charge in [0, 0.05) is 31.0 Å². The van der Waals surface area contributed by atoms with Crippen LogP contribution in [-0.4, -0.2) is 44.1 Å². The number of pyridine rings is 1. The Bertz CT molecular complexity index is 863. The van der Waals surface area contributed by atoms with Crippen LogP contribution in [-0.2, 0) is 0 Å². The zero-order chi connectivity index (χ0) is 16.6. The largest absolute Gasteiger partial charge is 0.476 e. The molecule has 0 unspecified atom stereocenters. The molecule has 0 saturated carbocycles. The van der Waals surface area contributed by atoms with Gasteiger partial charge in [0.2, 0.25) is 5.01 Å². The van der Waals surface area contributed by atoms with Crippen LogP contribution in [0.1, 0.15) is 23.6 Å². The van der Waals surface area contributed by atoms with Crippen LogP contribution in [0.3, 0.4) is 0 Å². The Labute approximate surface area is 136 Å². The van der Waals surface area contributed by atoms with Gasteiger partial charge in [0.15, 0.2) is 16.3 Å². The number of hydrogen-bond acceptors (Lipinski definition) is 7. The normalized spacial score (nSPS) is 11.1. The summed E-state index contributed by atoms with van der Waals surface area (Å²) in [5, 5.41) is 9.10. The van der Waals surface area contributed by atoms with Crippen molar-refractivity contribution in [3.8, 4) is 11.3 Å². The third kappa shape index (κ3) is 2.85. The lowest BCUT2D eigenvalue weighted by atomic mass is 10.2. The molecule has 0 radical (unpaired) electrons. The third-order valence-electron chi connectivity index (χ3n) is 3.46. The summed E-state index contributed by atoms with van der Waals surface area (Å²) in [5.41, 5.74) is 1.80. The van der Waals surface area contributed by atoms with Gasteiger partial charge in [-0.25, -0.2) is 19.7 Å². The van der Waals surface area contributed by atoms with Gasteiger partial charge < -0.3 is 10.0 Å². The zero-order valence-corrected chi connectivity index (χ0v) is 13.7. The van der Waals surface area contributed by atoms with E-state index in [4.69, 9.17) is 5.11 Å². The van der Waals surface area contributed by atoms with Crippen LogP contribution >= 0.6 is 11.3 Å². The standard InChI is InChI=1S/C15H15N5O2S/c1-8(2)20(3)12-10(9-5-4-6-16-7-9)17-11-13(19-12)23-14(18-11)15(21)22/h4-8H,1-3H3,(H,21,22). The van der Waals surface area contributed by atoms with E-state index in [-0.39, 0.29) is 11.0 Å². The summed E-state index contributed by atoms with van der Waals surface area (Å²) >= 11 is 1.03. The van der Waals surface area contributed by atoms with Crippen LogP contribution in [0.25, 0.3) is 21.7 Å². The fraction of sp³-hybridized carbons (Fsp3) is 0.267. The Morgan fingerprint density at radius 1 is 1.30 bits per heavy atom. The third-order valence-corrected chi connectivity index (χ3v) is 4.38. The minimum absolute atomic E-state index is 0.0125. The molecule has 0 amide bonds. The van der Waals surface area contributed by atoms with E-state index in [0.29, 0.717) is 22.0 Å². The molecule has 0 fully saturated rings. The van der Waals surface area contributed by atoms with Crippen LogP contribution in [0.15, 0.2) is 24.5 Å². The number of carboxylic acid groups (broad SMARTS) is 1. The summed E-state index contributed by atoms with van der Waals surface area (Å²) in [6.07, 6.45) is 3.39. The lowest BCUT2D eigenvalue weighted by molar-refractivity contribution is 0.0696. The Kier molecular flexibility index (Phi) is 3.91. The van der Waals surface area contributed by atoms with Crippen LogP contribution < -0.4 is 4.90 Å². The maximum atomic E-state index is 11.1. The molecule has 0 aliphatic carbocycles. The number of fused-ring (bicyclic) bond motifs is 1. The van der Waals surface area contributed by atoms with Gasteiger partial charge in [-0.2, -0.15) is 0 Å². The second-order valence-corrected chi connectivity index (χ2v) is 6.27. The molecule has 0 saturated heterocycles. The van der Waals surface area contributed by atoms with E-state index < -0.39 is 5.97 Å². The molecule has 0 atom stereocenters. The van der Waals surface area contributed by atoms with Gasteiger partial charge in [-0.3, -0.25) is 4.98 Å². The van der Waals surface area contributed by atoms with E-state index in [0.717, 1.165) is 16.9 Å². The maximum absolute atomic E-state index is 11.1. The van der Waals surface area contributed by atoms with Crippen molar-refractivity contribution in [1.29, 1.82) is 0 Å². The number of nitrogens with zero attached hydrogens (tertiary/aromatic N) is 5. The summed E-state index contributed by atoms with van der Waals surface area (Å²) in [6.45, 7) is 4.10. The average molecular weight is 329 g/mol. The lowest BCUT2D eigenvalue weighted by Crippen LogP contribution is -2.27. The number of aromatic carboxylic acids is 1. The molecule has 0 bridgehead atoms. The molecule has 118 valence electrons. The molecule has 3 aromatic heterocycles. The number of carboxylic acids is 1. The molecule has 7 nitrogen and oxygen atoms in total. The quantitative estimate of drug-likeness (QED) is 0.786. The summed E-state index contributed by atoms with van der Waals surface area (Å²) in [6, 6.07) is 3.93. The SMILES string of the molecule is CC(C)N(C)c1nc2sc(C(=O)O)nc2nc1-c1cccnc1. The molecular weight excluding hydrogens is 314 g/mol. The van der Waals surface area contributed by atoms with Crippen LogP contribution in [0.2, 0.25) is 0 Å². The number of anilines is 1. The number of carbonyl (C=O) groups is 1. The molecule has 0 spiro atoms. The molecule has 0 aromatic carbocycles. The summed E-state index contributed by atoms with van der Waals surface area (Å²) < 4.78 is 0. The van der Waals surface area contributed by atoms with E-state index in [9.17, 15) is 4.79 Å². The minimum Gasteiger partial charge on any atom is -0.476 e. The highest BCUT2D eigenvalue weighted by Gasteiger charge is 2.20. The predicted molar refractivity (Wildman–Crippen MR) is 88.9 cm³/mol. The number of rotatable bonds is 4. The van der Waals surface area contributed by atoms with Crippen molar-refractivity contribution < 1.29 is 9.90 Å². The predicted octanol–water partition coefficient (Wildman–Crippen LogP) is 2.69. The molecule has 8 heteroatoms. The second kappa shape index (κ2) is 5.88. The first-order valence-electron chi connectivity index (χ1n) is 7.02. The minimum atomic E-state index is -1.07. The first-order valence-corrected chi connectivity index (χ1v) is 7.84. The number of aromatic nitrogens is 4. The van der Waals surface area contributed by atoms with Gasteiger partial charge in [0.1, 0.15) is 5.69 Å². The topological polar surface area (TPSA) is 92.1 Å². The molecule has 0 aliphatic rings. The van der Waals surface area contributed by atoms with Crippen molar-refractivity contribution in [2.24, 2.45) is 0 Å². The first kappa shape index (κ1) is 15.3. The van der Waals surface area contributed by atoms with Gasteiger partial charge in [0.05, 0.1) is 0 Å². The van der Waals surface area contributed by atoms with Crippen LogP contribution in [0.5, 0.6) is 0 Å². The lowest BCUT2D eigenvalue weighted by Gasteiger charge is -2.24. The van der Waals surface area contributed by atoms with Crippen molar-refractivity contribution in [2.45, 2.75) is 19.9 Å². The highest BCUT2D eigenvalue weighted by molar-refractivity contribution is 7.19. The Balaban J connectivity index is 2.26. The number of thiazole rings is 1. The maximum Gasteiger partial charge on any atom is 0.365 e. The van der Waals surface area contributed by atoms with Crippen molar-refractivity contribution in [3.05, 3.63) is 29.5 Å². The van der Waals surface area contributed by atoms with Crippen molar-refractivity contribution >= 4 is 33.6 Å². The van der Waals surface area contributed by atoms with E-state index in [2.05, 4.69) is 19.9 Å². The van der Waals surface area contributed by atoms with Gasteiger partial charge in [-0.1, -0.05) is 11.3 Å². The Morgan fingerprint density at radius 2 is 2.09 bits per heavy atom. The van der Waals surface area contributed by atoms with Crippen molar-refractivity contribution in [1.82, 2.24) is 19.9 Å². The molecular formula is C15H15N5O2S. The van der Waals surface area contributed by atoms with Crippen molar-refractivity contribution in [2.75, 3.05) is 11.9 Å². The van der Waals surface area contributed by atoms with Crippen molar-refractivity contribution in [3.63, 3.8) is 0 Å². The second-order valence-electron chi connectivity index (χ2n) is 5.30. The highest BCUT2D eigenvalue weighted by atomic mass is 32.1. The Morgan fingerprint density at radius 3 is 2.70 bits per heavy atom. The smallest absolute Gasteiger partial charge is 0.365 e. The van der Waals surface area contributed by atoms with Gasteiger partial charge in [0.25, 0.3) is 0 Å². The molecule has 1 N–H and O–H groups in total. The van der Waals surface area contributed by atoms with E-state index in [1.54, 1.807) is 12.4 Å². The fourth-order valence-corrected chi connectivity index (χ4v) is 2.75. The zero-order valence-electron chi connectivity index (χ0n) is 12.9. The van der Waals surface area contributed by atoms with E-state index in [1.807, 2.05) is 37.9 Å². The molecule has 3 rings (SSSR count).